The molecule has 19 heavy (non-hydrogen) atoms. The van der Waals surface area contributed by atoms with E-state index >= 15 is 0 Å². The number of hydrogen-bond donors (Lipinski definition) is 1. The molecule has 0 heterocycles. The van der Waals surface area contributed by atoms with Crippen LogP contribution in [0.4, 0.5) is 5.69 Å². The van der Waals surface area contributed by atoms with E-state index in [4.69, 9.17) is 0 Å². The maximum atomic E-state index is 3.35. The lowest BCUT2D eigenvalue weighted by Crippen LogP contribution is -2.33. The first-order valence-corrected chi connectivity index (χ1v) is 8.56. The summed E-state index contributed by atoms with van der Waals surface area (Å²) in [4.78, 5) is 2.40. The summed E-state index contributed by atoms with van der Waals surface area (Å²) in [5, 5.41) is 3.35. The normalized spacial score (nSPS) is 14.2. The first-order chi connectivity index (χ1) is 9.17. The number of hydrogen-bond acceptors (Lipinski definition) is 3. The molecule has 0 amide bonds. The molecule has 1 aromatic rings. The van der Waals surface area contributed by atoms with Gasteiger partial charge in [-0.1, -0.05) is 26.0 Å². The van der Waals surface area contributed by atoms with Crippen LogP contribution < -0.4 is 10.2 Å². The van der Waals surface area contributed by atoms with Crippen LogP contribution in [0.2, 0.25) is 0 Å². The minimum atomic E-state index is 0.465. The second-order valence-corrected chi connectivity index (χ2v) is 5.88. The Labute approximate surface area is 123 Å². The molecule has 0 aliphatic carbocycles. The van der Waals surface area contributed by atoms with Gasteiger partial charge in [-0.25, -0.2) is 0 Å². The molecule has 0 aromatic heterocycles. The van der Waals surface area contributed by atoms with Crippen molar-refractivity contribution in [2.75, 3.05) is 31.0 Å². The summed E-state index contributed by atoms with van der Waals surface area (Å²) in [6, 6.07) is 10.1. The molecule has 0 spiro atoms. The van der Waals surface area contributed by atoms with Gasteiger partial charge in [-0.2, -0.15) is 11.8 Å². The van der Waals surface area contributed by atoms with Crippen molar-refractivity contribution < 1.29 is 0 Å². The maximum absolute atomic E-state index is 3.35. The van der Waals surface area contributed by atoms with E-state index in [2.05, 4.69) is 61.6 Å². The zero-order chi connectivity index (χ0) is 14.3. The van der Waals surface area contributed by atoms with Gasteiger partial charge in [0.1, 0.15) is 0 Å². The second kappa shape index (κ2) is 8.49. The van der Waals surface area contributed by atoms with E-state index in [1.54, 1.807) is 0 Å². The van der Waals surface area contributed by atoms with Gasteiger partial charge < -0.3 is 10.2 Å². The van der Waals surface area contributed by atoms with Crippen LogP contribution in [0.1, 0.15) is 38.3 Å². The molecule has 0 aliphatic heterocycles. The molecule has 1 N–H and O–H groups in total. The fraction of sp³-hybridized carbons (Fsp3) is 0.625. The molecule has 0 radical (unpaired) electrons. The largest absolute Gasteiger partial charge is 0.371 e. The van der Waals surface area contributed by atoms with E-state index in [0.29, 0.717) is 12.1 Å². The first-order valence-electron chi connectivity index (χ1n) is 7.16. The van der Waals surface area contributed by atoms with Gasteiger partial charge in [0.25, 0.3) is 0 Å². The van der Waals surface area contributed by atoms with E-state index in [0.717, 1.165) is 6.42 Å². The lowest BCUT2D eigenvalue weighted by Gasteiger charge is -2.29. The summed E-state index contributed by atoms with van der Waals surface area (Å²) in [5.74, 6) is 1.18. The summed E-state index contributed by atoms with van der Waals surface area (Å²) in [6.07, 6.45) is 4.49. The molecule has 1 aromatic carbocycles. The Hall–Kier alpha value is -0.670. The van der Waals surface area contributed by atoms with Gasteiger partial charge >= 0.3 is 0 Å². The molecule has 0 aliphatic rings. The van der Waals surface area contributed by atoms with Gasteiger partial charge in [0.2, 0.25) is 0 Å². The van der Waals surface area contributed by atoms with E-state index in [-0.39, 0.29) is 0 Å². The molecular weight excluding hydrogens is 252 g/mol. The fourth-order valence-electron chi connectivity index (χ4n) is 2.45. The zero-order valence-corrected chi connectivity index (χ0v) is 13.8. The van der Waals surface area contributed by atoms with Crippen LogP contribution in [0.3, 0.4) is 0 Å². The highest BCUT2D eigenvalue weighted by Gasteiger charge is 2.13. The van der Waals surface area contributed by atoms with Crippen molar-refractivity contribution in [2.45, 2.75) is 38.8 Å². The minimum Gasteiger partial charge on any atom is -0.371 e. The summed E-state index contributed by atoms with van der Waals surface area (Å²) in [5.41, 5.74) is 2.69. The Morgan fingerprint density at radius 2 is 1.79 bits per heavy atom. The highest BCUT2D eigenvalue weighted by molar-refractivity contribution is 7.98. The van der Waals surface area contributed by atoms with Crippen LogP contribution in [0.5, 0.6) is 0 Å². The van der Waals surface area contributed by atoms with Crippen molar-refractivity contribution in [3.8, 4) is 0 Å². The molecule has 1 rings (SSSR count). The Bertz CT molecular complexity index is 346. The molecule has 108 valence electrons. The average molecular weight is 280 g/mol. The van der Waals surface area contributed by atoms with Crippen LogP contribution in [-0.2, 0) is 0 Å². The molecular formula is C16H28N2S. The van der Waals surface area contributed by atoms with Gasteiger partial charge in [-0.05, 0) is 43.8 Å². The van der Waals surface area contributed by atoms with Gasteiger partial charge in [-0.3, -0.25) is 0 Å². The van der Waals surface area contributed by atoms with Gasteiger partial charge in [0.05, 0.1) is 0 Å². The van der Waals surface area contributed by atoms with Crippen molar-refractivity contribution in [3.05, 3.63) is 29.8 Å². The number of anilines is 1. The van der Waals surface area contributed by atoms with Crippen LogP contribution in [0.15, 0.2) is 24.3 Å². The van der Waals surface area contributed by atoms with Gasteiger partial charge in [0, 0.05) is 30.6 Å². The fourth-order valence-corrected chi connectivity index (χ4v) is 3.30. The van der Waals surface area contributed by atoms with Crippen molar-refractivity contribution in [1.82, 2.24) is 5.32 Å². The van der Waals surface area contributed by atoms with Crippen LogP contribution in [-0.4, -0.2) is 32.1 Å². The zero-order valence-electron chi connectivity index (χ0n) is 12.9. The summed E-state index contributed by atoms with van der Waals surface area (Å²) < 4.78 is 0. The monoisotopic (exact) mass is 280 g/mol. The van der Waals surface area contributed by atoms with E-state index < -0.39 is 0 Å². The Balaban J connectivity index is 2.79. The summed E-state index contributed by atoms with van der Waals surface area (Å²) >= 11 is 1.92. The third-order valence-corrected chi connectivity index (χ3v) is 4.56. The topological polar surface area (TPSA) is 15.3 Å². The molecule has 0 saturated carbocycles. The van der Waals surface area contributed by atoms with Crippen molar-refractivity contribution in [3.63, 3.8) is 0 Å². The Kier molecular flexibility index (Phi) is 7.32. The minimum absolute atomic E-state index is 0.465. The van der Waals surface area contributed by atoms with E-state index in [1.807, 2.05) is 18.8 Å². The van der Waals surface area contributed by atoms with Crippen molar-refractivity contribution in [2.24, 2.45) is 0 Å². The maximum Gasteiger partial charge on any atom is 0.0374 e. The van der Waals surface area contributed by atoms with Gasteiger partial charge in [-0.15, -0.1) is 0 Å². The molecule has 2 unspecified atom stereocenters. The molecule has 3 heteroatoms. The third kappa shape index (κ3) is 4.43. The summed E-state index contributed by atoms with van der Waals surface area (Å²) in [6.45, 7) is 4.48. The lowest BCUT2D eigenvalue weighted by molar-refractivity contribution is 0.577. The SMILES string of the molecule is CCC(NC)c1ccc(N(C)C(CC)CSC)cc1. The van der Waals surface area contributed by atoms with E-state index in [1.165, 1.54) is 23.4 Å². The number of rotatable bonds is 8. The molecule has 2 atom stereocenters. The highest BCUT2D eigenvalue weighted by atomic mass is 32.2. The van der Waals surface area contributed by atoms with Crippen LogP contribution in [0, 0.1) is 0 Å². The third-order valence-electron chi connectivity index (χ3n) is 3.84. The molecule has 0 fully saturated rings. The van der Waals surface area contributed by atoms with Crippen LogP contribution in [0.25, 0.3) is 0 Å². The van der Waals surface area contributed by atoms with Crippen molar-refractivity contribution >= 4 is 17.4 Å². The predicted octanol–water partition coefficient (Wildman–Crippen LogP) is 3.93. The van der Waals surface area contributed by atoms with Crippen LogP contribution >= 0.6 is 11.8 Å². The quantitative estimate of drug-likeness (QED) is 0.776. The molecule has 0 bridgehead atoms. The Morgan fingerprint density at radius 3 is 2.21 bits per heavy atom. The standard InChI is InChI=1S/C16H28N2S/c1-6-14(12-19-5)18(4)15-10-8-13(9-11-15)16(7-2)17-3/h8-11,14,16-17H,6-7,12H2,1-5H3. The first kappa shape index (κ1) is 16.4. The van der Waals surface area contributed by atoms with E-state index in [9.17, 15) is 0 Å². The predicted molar refractivity (Wildman–Crippen MR) is 89.4 cm³/mol. The smallest absolute Gasteiger partial charge is 0.0374 e. The average Bonchev–Trinajstić information content (AvgIpc) is 2.46. The second-order valence-electron chi connectivity index (χ2n) is 4.97. The number of benzene rings is 1. The summed E-state index contributed by atoms with van der Waals surface area (Å²) in [7, 11) is 4.23. The van der Waals surface area contributed by atoms with Crippen molar-refractivity contribution in [1.29, 1.82) is 0 Å². The molecule has 0 saturated heterocycles. The number of nitrogens with zero attached hydrogens (tertiary/aromatic N) is 1. The van der Waals surface area contributed by atoms with Gasteiger partial charge in [0.15, 0.2) is 0 Å². The number of thioether (sulfide) groups is 1. The molecule has 2 nitrogen and oxygen atoms in total. The lowest BCUT2D eigenvalue weighted by atomic mass is 10.0. The number of nitrogens with one attached hydrogen (secondary N) is 1. The Morgan fingerprint density at radius 1 is 1.16 bits per heavy atom. The highest BCUT2D eigenvalue weighted by Crippen LogP contribution is 2.23.